The number of epoxide rings is 1. The van der Waals surface area contributed by atoms with Gasteiger partial charge in [-0.15, -0.1) is 0 Å². The summed E-state index contributed by atoms with van der Waals surface area (Å²) in [7, 11) is 0. The second kappa shape index (κ2) is 10.7. The molecule has 3 fully saturated rings. The number of rotatable bonds is 9. The van der Waals surface area contributed by atoms with Crippen molar-refractivity contribution in [2.24, 2.45) is 11.7 Å². The zero-order valence-electron chi connectivity index (χ0n) is 25.3. The van der Waals surface area contributed by atoms with Gasteiger partial charge >= 0.3 is 5.97 Å². The number of cyclic esters (lactones) is 1. The van der Waals surface area contributed by atoms with Crippen LogP contribution in [0.5, 0.6) is 0 Å². The summed E-state index contributed by atoms with van der Waals surface area (Å²) in [5.74, 6) is -1.57. The first-order valence-corrected chi connectivity index (χ1v) is 15.1. The highest BCUT2D eigenvalue weighted by Crippen LogP contribution is 2.48. The van der Waals surface area contributed by atoms with Gasteiger partial charge in [-0.25, -0.2) is 9.18 Å². The molecular formula is C33H40FN3O6. The van der Waals surface area contributed by atoms with Gasteiger partial charge in [0.1, 0.15) is 17.5 Å². The molecule has 2 aromatic carbocycles. The molecule has 43 heavy (non-hydrogen) atoms. The zero-order valence-corrected chi connectivity index (χ0v) is 25.3. The second-order valence-corrected chi connectivity index (χ2v) is 13.7. The monoisotopic (exact) mass is 593 g/mol. The number of hydrogen-bond acceptors (Lipinski definition) is 7. The largest absolute Gasteiger partial charge is 0.451 e. The van der Waals surface area contributed by atoms with Gasteiger partial charge < -0.3 is 25.3 Å². The molecule has 2 aromatic rings. The number of carbonyl (C=O) groups excluding carboxylic acids is 3. The molecule has 6 unspecified atom stereocenters. The Hall–Kier alpha value is -3.34. The number of halogens is 1. The number of primary amides is 1. The molecule has 1 aliphatic carbocycles. The maximum Gasteiger partial charge on any atom is 0.339 e. The molecule has 230 valence electrons. The average Bonchev–Trinajstić information content (AvgIpc) is 3.24. The Morgan fingerprint density at radius 1 is 1.16 bits per heavy atom. The molecule has 3 heterocycles. The van der Waals surface area contributed by atoms with Gasteiger partial charge in [-0.3, -0.25) is 14.5 Å². The number of ether oxygens (including phenoxy) is 3. The molecule has 6 atom stereocenters. The van der Waals surface area contributed by atoms with Crippen molar-refractivity contribution in [3.8, 4) is 11.1 Å². The molecule has 4 aliphatic rings. The van der Waals surface area contributed by atoms with Crippen molar-refractivity contribution in [1.29, 1.82) is 0 Å². The maximum atomic E-state index is 15.2. The zero-order chi connectivity index (χ0) is 30.8. The standard InChI is InChI=1S/C33H40FN3O6/c1-32(2,3)43-31-29(41-31)37-21-11-8-20(14-21)26(37)28(39)36-25(27(35)38)13-10-17-6-7-19(16-24(17)34)18-9-12-23-22(15-18)30(40)42-33(23,4)5/h6-7,9,12,15-16,20-21,25-26,29,31H,8,10-11,13-14H2,1-5H3,(H2,35,38)(H,36,39). The van der Waals surface area contributed by atoms with Gasteiger partial charge in [-0.1, -0.05) is 24.3 Å². The van der Waals surface area contributed by atoms with Gasteiger partial charge in [0.15, 0.2) is 12.5 Å². The summed E-state index contributed by atoms with van der Waals surface area (Å²) in [5, 5.41) is 2.86. The van der Waals surface area contributed by atoms with Crippen molar-refractivity contribution in [2.45, 2.75) is 109 Å². The van der Waals surface area contributed by atoms with Crippen LogP contribution in [-0.4, -0.2) is 58.9 Å². The minimum absolute atomic E-state index is 0.160. The maximum absolute atomic E-state index is 15.2. The van der Waals surface area contributed by atoms with Crippen molar-refractivity contribution in [3.63, 3.8) is 0 Å². The molecule has 0 radical (unpaired) electrons. The highest BCUT2D eigenvalue weighted by molar-refractivity contribution is 5.96. The van der Waals surface area contributed by atoms with E-state index >= 15 is 4.39 Å². The number of esters is 1. The van der Waals surface area contributed by atoms with Crippen molar-refractivity contribution >= 4 is 17.8 Å². The number of hydrogen-bond donors (Lipinski definition) is 2. The van der Waals surface area contributed by atoms with E-state index in [2.05, 4.69) is 10.2 Å². The van der Waals surface area contributed by atoms with E-state index in [9.17, 15) is 14.4 Å². The lowest BCUT2D eigenvalue weighted by Gasteiger charge is -2.34. The fourth-order valence-corrected chi connectivity index (χ4v) is 7.00. The van der Waals surface area contributed by atoms with Crippen molar-refractivity contribution in [2.75, 3.05) is 0 Å². The smallest absolute Gasteiger partial charge is 0.339 e. The Labute approximate surface area is 251 Å². The Morgan fingerprint density at radius 3 is 2.58 bits per heavy atom. The Bertz CT molecular complexity index is 1470. The molecular weight excluding hydrogens is 553 g/mol. The van der Waals surface area contributed by atoms with E-state index in [0.717, 1.165) is 24.8 Å². The molecule has 9 nitrogen and oxygen atoms in total. The number of likely N-dealkylation sites (tertiary alicyclic amines) is 1. The van der Waals surface area contributed by atoms with E-state index in [1.807, 2.05) is 46.8 Å². The predicted octanol–water partition coefficient (Wildman–Crippen LogP) is 4.15. The van der Waals surface area contributed by atoms with Crippen molar-refractivity contribution in [3.05, 3.63) is 58.9 Å². The number of piperidine rings is 1. The molecule has 0 aromatic heterocycles. The molecule has 1 saturated carbocycles. The highest BCUT2D eigenvalue weighted by atomic mass is 19.1. The normalized spacial score (nSPS) is 28.0. The fourth-order valence-electron chi connectivity index (χ4n) is 7.00. The van der Waals surface area contributed by atoms with Gasteiger partial charge in [0.2, 0.25) is 11.8 Å². The van der Waals surface area contributed by atoms with Crippen LogP contribution in [0.15, 0.2) is 36.4 Å². The van der Waals surface area contributed by atoms with Gasteiger partial charge in [-0.2, -0.15) is 0 Å². The third-order valence-corrected chi connectivity index (χ3v) is 9.08. The van der Waals surface area contributed by atoms with Crippen LogP contribution >= 0.6 is 0 Å². The van der Waals surface area contributed by atoms with Gasteiger partial charge in [0.25, 0.3) is 0 Å². The highest BCUT2D eigenvalue weighted by Gasteiger charge is 2.59. The average molecular weight is 594 g/mol. The number of nitrogens with one attached hydrogen (secondary N) is 1. The first kappa shape index (κ1) is 29.7. The van der Waals surface area contributed by atoms with E-state index in [0.29, 0.717) is 22.3 Å². The first-order valence-electron chi connectivity index (χ1n) is 15.1. The van der Waals surface area contributed by atoms with Crippen LogP contribution in [0.1, 0.15) is 81.8 Å². The van der Waals surface area contributed by atoms with E-state index in [4.69, 9.17) is 19.9 Å². The Balaban J connectivity index is 1.11. The molecule has 3 aliphatic heterocycles. The van der Waals surface area contributed by atoms with E-state index in [1.165, 1.54) is 6.07 Å². The number of nitrogens with two attached hydrogens (primary N) is 1. The van der Waals surface area contributed by atoms with Crippen LogP contribution in [0, 0.1) is 11.7 Å². The Morgan fingerprint density at radius 2 is 1.88 bits per heavy atom. The molecule has 2 bridgehead atoms. The quantitative estimate of drug-likeness (QED) is 0.331. The third kappa shape index (κ3) is 5.80. The minimum Gasteiger partial charge on any atom is -0.451 e. The van der Waals surface area contributed by atoms with Gasteiger partial charge in [0.05, 0.1) is 17.2 Å². The molecule has 0 spiro atoms. The number of nitrogens with zero attached hydrogens (tertiary/aromatic N) is 1. The van der Waals surface area contributed by atoms with Gasteiger partial charge in [0, 0.05) is 11.6 Å². The number of carbonyl (C=O) groups is 3. The lowest BCUT2D eigenvalue weighted by atomic mass is 9.92. The summed E-state index contributed by atoms with van der Waals surface area (Å²) >= 11 is 0. The molecule has 2 saturated heterocycles. The number of aryl methyl sites for hydroxylation is 1. The van der Waals surface area contributed by atoms with Crippen LogP contribution in [0.4, 0.5) is 4.39 Å². The van der Waals surface area contributed by atoms with E-state index < -0.39 is 35.4 Å². The summed E-state index contributed by atoms with van der Waals surface area (Å²) in [6.45, 7) is 9.56. The molecule has 10 heteroatoms. The van der Waals surface area contributed by atoms with Crippen molar-refractivity contribution < 1.29 is 33.0 Å². The summed E-state index contributed by atoms with van der Waals surface area (Å²) in [5.41, 5.74) is 7.63. The molecule has 6 rings (SSSR count). The summed E-state index contributed by atoms with van der Waals surface area (Å²) in [4.78, 5) is 40.4. The van der Waals surface area contributed by atoms with E-state index in [1.54, 1.807) is 18.2 Å². The fraction of sp³-hybridized carbons (Fsp3) is 0.545. The second-order valence-electron chi connectivity index (χ2n) is 13.7. The van der Waals surface area contributed by atoms with Crippen LogP contribution in [0.2, 0.25) is 0 Å². The van der Waals surface area contributed by atoms with Crippen molar-refractivity contribution in [1.82, 2.24) is 10.2 Å². The molecule has 3 N–H and O–H groups in total. The van der Waals surface area contributed by atoms with E-state index in [-0.39, 0.29) is 48.8 Å². The third-order valence-electron chi connectivity index (χ3n) is 9.08. The first-order chi connectivity index (χ1) is 20.2. The lowest BCUT2D eigenvalue weighted by molar-refractivity contribution is -0.133. The summed E-state index contributed by atoms with van der Waals surface area (Å²) < 4.78 is 32.5. The number of fused-ring (bicyclic) bond motifs is 3. The van der Waals surface area contributed by atoms with Crippen LogP contribution in [0.3, 0.4) is 0 Å². The van der Waals surface area contributed by atoms with Gasteiger partial charge in [-0.05, 0) is 101 Å². The predicted molar refractivity (Wildman–Crippen MR) is 156 cm³/mol. The topological polar surface area (TPSA) is 123 Å². The molecule has 2 amide bonds. The number of amides is 2. The summed E-state index contributed by atoms with van der Waals surface area (Å²) in [6.07, 6.45) is 2.54. The van der Waals surface area contributed by atoms with Crippen LogP contribution < -0.4 is 11.1 Å². The Kier molecular flexibility index (Phi) is 7.38. The minimum atomic E-state index is -0.944. The number of benzene rings is 2. The van der Waals surface area contributed by atoms with Crippen LogP contribution in [0.25, 0.3) is 11.1 Å². The summed E-state index contributed by atoms with van der Waals surface area (Å²) in [6, 6.07) is 9.14. The SMILES string of the molecule is CC(C)(C)OC1OC1N1C2CCC(C2)C1C(=O)NC(CCc1ccc(-c2ccc3c(c2)C(=O)OC3(C)C)cc1F)C(N)=O. The van der Waals surface area contributed by atoms with Crippen LogP contribution in [-0.2, 0) is 35.8 Å². The lowest BCUT2D eigenvalue weighted by Crippen LogP contribution is -2.56.